The lowest BCUT2D eigenvalue weighted by Crippen LogP contribution is -2.39. The van der Waals surface area contributed by atoms with E-state index in [0.717, 1.165) is 22.3 Å². The summed E-state index contributed by atoms with van der Waals surface area (Å²) in [6.07, 6.45) is -0.209. The SMILES string of the molecule is COC(CNC(=O)Cn1cc(CNC(=O)OCC2c3ccccc3-c3ccccc32)nn1)C(=O)O. The molecule has 1 aliphatic rings. The number of carbonyl (C=O) groups excluding carboxylic acids is 2. The molecule has 1 heterocycles. The minimum absolute atomic E-state index is 0.0358. The molecule has 0 radical (unpaired) electrons. The Morgan fingerprint density at radius 3 is 2.34 bits per heavy atom. The molecule has 1 aliphatic carbocycles. The van der Waals surface area contributed by atoms with Gasteiger partial charge in [-0.25, -0.2) is 14.3 Å². The summed E-state index contributed by atoms with van der Waals surface area (Å²) in [5.74, 6) is -1.66. The average Bonchev–Trinajstić information content (AvgIpc) is 3.43. The van der Waals surface area contributed by atoms with Crippen molar-refractivity contribution in [1.29, 1.82) is 0 Å². The number of hydrogen-bond acceptors (Lipinski definition) is 7. The van der Waals surface area contributed by atoms with Crippen molar-refractivity contribution >= 4 is 18.0 Å². The van der Waals surface area contributed by atoms with E-state index < -0.39 is 24.1 Å². The van der Waals surface area contributed by atoms with Crippen LogP contribution in [0.2, 0.25) is 0 Å². The Balaban J connectivity index is 1.24. The second-order valence-electron chi connectivity index (χ2n) is 7.95. The number of hydrogen-bond donors (Lipinski definition) is 3. The number of methoxy groups -OCH3 is 1. The molecule has 0 saturated heterocycles. The number of carboxylic acid groups (broad SMARTS) is 1. The first-order valence-electron chi connectivity index (χ1n) is 11.0. The highest BCUT2D eigenvalue weighted by molar-refractivity contribution is 5.79. The normalized spacial score (nSPS) is 12.9. The topological polar surface area (TPSA) is 145 Å². The molecule has 11 nitrogen and oxygen atoms in total. The fourth-order valence-electron chi connectivity index (χ4n) is 3.99. The summed E-state index contributed by atoms with van der Waals surface area (Å²) in [4.78, 5) is 35.2. The maximum Gasteiger partial charge on any atom is 0.407 e. The summed E-state index contributed by atoms with van der Waals surface area (Å²) >= 11 is 0. The number of carbonyl (C=O) groups is 3. The van der Waals surface area contributed by atoms with E-state index in [1.165, 1.54) is 18.0 Å². The first-order chi connectivity index (χ1) is 17.0. The quantitative estimate of drug-likeness (QED) is 0.397. The second-order valence-corrected chi connectivity index (χ2v) is 7.95. The molecule has 2 amide bonds. The van der Waals surface area contributed by atoms with E-state index in [1.54, 1.807) is 0 Å². The molecule has 0 aliphatic heterocycles. The summed E-state index contributed by atoms with van der Waals surface area (Å²) in [5.41, 5.74) is 4.99. The van der Waals surface area contributed by atoms with Gasteiger partial charge in [-0.15, -0.1) is 5.10 Å². The predicted molar refractivity (Wildman–Crippen MR) is 123 cm³/mol. The van der Waals surface area contributed by atoms with Crippen molar-refractivity contribution in [3.63, 3.8) is 0 Å². The van der Waals surface area contributed by atoms with Crippen LogP contribution in [0.1, 0.15) is 22.7 Å². The Bertz CT molecular complexity index is 1180. The number of amides is 2. The number of ether oxygens (including phenoxy) is 2. The molecule has 1 atom stereocenters. The van der Waals surface area contributed by atoms with Gasteiger partial charge >= 0.3 is 12.1 Å². The summed E-state index contributed by atoms with van der Waals surface area (Å²) in [6.45, 7) is -0.0574. The highest BCUT2D eigenvalue weighted by Gasteiger charge is 2.29. The molecule has 3 N–H and O–H groups in total. The number of aromatic nitrogens is 3. The van der Waals surface area contributed by atoms with E-state index in [9.17, 15) is 14.4 Å². The van der Waals surface area contributed by atoms with Gasteiger partial charge in [-0.05, 0) is 22.3 Å². The van der Waals surface area contributed by atoms with Crippen molar-refractivity contribution in [1.82, 2.24) is 25.6 Å². The molecule has 11 heteroatoms. The van der Waals surface area contributed by atoms with Gasteiger partial charge in [0, 0.05) is 13.0 Å². The molecule has 0 fully saturated rings. The Hall–Kier alpha value is -4.25. The molecule has 0 bridgehead atoms. The van der Waals surface area contributed by atoms with Crippen LogP contribution in [-0.2, 0) is 32.2 Å². The molecule has 3 aromatic rings. The van der Waals surface area contributed by atoms with Gasteiger partial charge in [0.05, 0.1) is 19.3 Å². The van der Waals surface area contributed by atoms with Gasteiger partial charge < -0.3 is 25.2 Å². The minimum Gasteiger partial charge on any atom is -0.479 e. The fourth-order valence-corrected chi connectivity index (χ4v) is 3.99. The van der Waals surface area contributed by atoms with Crippen molar-refractivity contribution in [2.24, 2.45) is 0 Å². The zero-order valence-electron chi connectivity index (χ0n) is 19.0. The molecule has 0 spiro atoms. The number of alkyl carbamates (subject to hydrolysis) is 1. The molecule has 1 unspecified atom stereocenters. The van der Waals surface area contributed by atoms with E-state index in [4.69, 9.17) is 14.6 Å². The lowest BCUT2D eigenvalue weighted by atomic mass is 9.98. The van der Waals surface area contributed by atoms with Crippen LogP contribution in [-0.4, -0.2) is 64.4 Å². The predicted octanol–water partition coefficient (Wildman–Crippen LogP) is 1.53. The van der Waals surface area contributed by atoms with Gasteiger partial charge in [0.2, 0.25) is 5.91 Å². The third kappa shape index (κ3) is 5.64. The summed E-state index contributed by atoms with van der Waals surface area (Å²) in [5, 5.41) is 21.8. The van der Waals surface area contributed by atoms with Crippen LogP contribution < -0.4 is 10.6 Å². The first kappa shape index (κ1) is 23.9. The fraction of sp³-hybridized carbons (Fsp3) is 0.292. The van der Waals surface area contributed by atoms with Crippen molar-refractivity contribution in [3.05, 3.63) is 71.5 Å². The molecule has 182 valence electrons. The molecule has 35 heavy (non-hydrogen) atoms. The van der Waals surface area contributed by atoms with Crippen molar-refractivity contribution < 1.29 is 29.0 Å². The number of rotatable bonds is 10. The Morgan fingerprint density at radius 2 is 1.71 bits per heavy atom. The third-order valence-electron chi connectivity index (χ3n) is 5.69. The van der Waals surface area contributed by atoms with Crippen molar-refractivity contribution in [2.45, 2.75) is 25.1 Å². The van der Waals surface area contributed by atoms with Gasteiger partial charge in [-0.3, -0.25) is 4.79 Å². The summed E-state index contributed by atoms with van der Waals surface area (Å²) < 4.78 is 11.5. The monoisotopic (exact) mass is 479 g/mol. The molecular formula is C24H25N5O6. The van der Waals surface area contributed by atoms with Crippen LogP contribution in [0.3, 0.4) is 0 Å². The summed E-state index contributed by atoms with van der Waals surface area (Å²) in [7, 11) is 1.25. The van der Waals surface area contributed by atoms with Crippen LogP contribution in [0.4, 0.5) is 4.79 Å². The van der Waals surface area contributed by atoms with Gasteiger partial charge in [0.25, 0.3) is 0 Å². The maximum absolute atomic E-state index is 12.3. The Morgan fingerprint density at radius 1 is 1.06 bits per heavy atom. The smallest absolute Gasteiger partial charge is 0.407 e. The molecule has 4 rings (SSSR count). The van der Waals surface area contributed by atoms with Gasteiger partial charge in [-0.2, -0.15) is 0 Å². The molecular weight excluding hydrogens is 454 g/mol. The van der Waals surface area contributed by atoms with Crippen LogP contribution in [0, 0.1) is 0 Å². The zero-order chi connectivity index (χ0) is 24.8. The number of fused-ring (bicyclic) bond motifs is 3. The number of nitrogens with zero attached hydrogens (tertiary/aromatic N) is 3. The second kappa shape index (κ2) is 10.8. The molecule has 1 aromatic heterocycles. The largest absolute Gasteiger partial charge is 0.479 e. The molecule has 2 aromatic carbocycles. The van der Waals surface area contributed by atoms with Crippen LogP contribution >= 0.6 is 0 Å². The highest BCUT2D eigenvalue weighted by Crippen LogP contribution is 2.44. The minimum atomic E-state index is -1.17. The van der Waals surface area contributed by atoms with E-state index in [-0.39, 0.29) is 32.2 Å². The number of aliphatic carboxylic acids is 1. The van der Waals surface area contributed by atoms with Gasteiger partial charge in [0.15, 0.2) is 6.10 Å². The van der Waals surface area contributed by atoms with Crippen LogP contribution in [0.15, 0.2) is 54.7 Å². The highest BCUT2D eigenvalue weighted by atomic mass is 16.5. The standard InChI is InChI=1S/C24H25N5O6/c1-34-21(23(31)32)11-25-22(30)13-29-12-15(27-28-29)10-26-24(33)35-14-20-18-8-4-2-6-16(18)17-7-3-5-9-19(17)20/h2-9,12,20-21H,10-11,13-14H2,1H3,(H,25,30)(H,26,33)(H,31,32). The zero-order valence-corrected chi connectivity index (χ0v) is 19.0. The van der Waals surface area contributed by atoms with E-state index in [1.807, 2.05) is 36.4 Å². The van der Waals surface area contributed by atoms with Crippen molar-refractivity contribution in [2.75, 3.05) is 20.3 Å². The van der Waals surface area contributed by atoms with Crippen LogP contribution in [0.5, 0.6) is 0 Å². The number of nitrogens with one attached hydrogen (secondary N) is 2. The Labute approximate surface area is 201 Å². The average molecular weight is 479 g/mol. The number of benzene rings is 2. The maximum atomic E-state index is 12.3. The van der Waals surface area contributed by atoms with Gasteiger partial charge in [0.1, 0.15) is 18.8 Å². The number of carboxylic acids is 1. The van der Waals surface area contributed by atoms with Gasteiger partial charge in [-0.1, -0.05) is 53.7 Å². The van der Waals surface area contributed by atoms with E-state index in [2.05, 4.69) is 33.1 Å². The van der Waals surface area contributed by atoms with Crippen LogP contribution in [0.25, 0.3) is 11.1 Å². The first-order valence-corrected chi connectivity index (χ1v) is 11.0. The lowest BCUT2D eigenvalue weighted by molar-refractivity contribution is -0.148. The Kier molecular flexibility index (Phi) is 7.36. The lowest BCUT2D eigenvalue weighted by Gasteiger charge is -2.14. The summed E-state index contributed by atoms with van der Waals surface area (Å²) in [6, 6.07) is 16.2. The van der Waals surface area contributed by atoms with E-state index >= 15 is 0 Å². The van der Waals surface area contributed by atoms with E-state index in [0.29, 0.717) is 5.69 Å². The molecule has 0 saturated carbocycles. The van der Waals surface area contributed by atoms with Crippen molar-refractivity contribution in [3.8, 4) is 11.1 Å². The third-order valence-corrected chi connectivity index (χ3v) is 5.69.